The molecular formula is C19H19N3O2. The Bertz CT molecular complexity index is 901. The number of carbonyl (C=O) groups excluding carboxylic acids is 1. The molecule has 0 aliphatic carbocycles. The number of rotatable bonds is 2. The molecule has 3 aromatic rings. The number of aromatic amines is 1. The van der Waals surface area contributed by atoms with Gasteiger partial charge in [-0.3, -0.25) is 0 Å². The topological polar surface area (TPSA) is 57.4 Å². The zero-order valence-electron chi connectivity index (χ0n) is 13.5. The molecule has 0 saturated carbocycles. The molecule has 1 aliphatic rings. The molecule has 2 heterocycles. The Hall–Kier alpha value is -2.95. The average molecular weight is 321 g/mol. The molecule has 2 amide bonds. The van der Waals surface area contributed by atoms with Crippen LogP contribution in [0.3, 0.4) is 0 Å². The lowest BCUT2D eigenvalue weighted by Gasteiger charge is -2.27. The summed E-state index contributed by atoms with van der Waals surface area (Å²) in [7, 11) is 1.60. The van der Waals surface area contributed by atoms with Crippen molar-refractivity contribution in [1.29, 1.82) is 0 Å². The smallest absolute Gasteiger partial charge is 0.322 e. The summed E-state index contributed by atoms with van der Waals surface area (Å²) < 4.78 is 5.30. The number of para-hydroxylation sites is 3. The number of hydrogen-bond donors (Lipinski definition) is 2. The van der Waals surface area contributed by atoms with Gasteiger partial charge in [-0.2, -0.15) is 0 Å². The largest absolute Gasteiger partial charge is 0.495 e. The molecule has 122 valence electrons. The molecule has 0 atom stereocenters. The Morgan fingerprint density at radius 1 is 1.17 bits per heavy atom. The number of nitrogens with one attached hydrogen (secondary N) is 2. The fourth-order valence-electron chi connectivity index (χ4n) is 3.28. The van der Waals surface area contributed by atoms with Gasteiger partial charge in [-0.1, -0.05) is 30.3 Å². The van der Waals surface area contributed by atoms with Crippen LogP contribution in [0.5, 0.6) is 5.75 Å². The number of urea groups is 1. The van der Waals surface area contributed by atoms with Crippen LogP contribution in [0, 0.1) is 0 Å². The lowest BCUT2D eigenvalue weighted by Crippen LogP contribution is -2.38. The zero-order chi connectivity index (χ0) is 16.5. The molecule has 1 aromatic heterocycles. The number of ether oxygens (including phenoxy) is 1. The van der Waals surface area contributed by atoms with Crippen LogP contribution in [0.1, 0.15) is 11.3 Å². The number of nitrogens with zero attached hydrogens (tertiary/aromatic N) is 1. The molecule has 1 aliphatic heterocycles. The van der Waals surface area contributed by atoms with Crippen molar-refractivity contribution < 1.29 is 9.53 Å². The first kappa shape index (κ1) is 14.6. The van der Waals surface area contributed by atoms with Gasteiger partial charge < -0.3 is 19.9 Å². The van der Waals surface area contributed by atoms with Crippen LogP contribution in [-0.2, 0) is 13.0 Å². The second-order valence-electron chi connectivity index (χ2n) is 5.93. The highest BCUT2D eigenvalue weighted by Gasteiger charge is 2.24. The number of carbonyl (C=O) groups is 1. The number of methoxy groups -OCH3 is 1. The molecule has 0 bridgehead atoms. The van der Waals surface area contributed by atoms with Gasteiger partial charge in [0.05, 0.1) is 12.8 Å². The van der Waals surface area contributed by atoms with Crippen molar-refractivity contribution in [2.24, 2.45) is 0 Å². The molecule has 5 heteroatoms. The first-order valence-electron chi connectivity index (χ1n) is 8.03. The Morgan fingerprint density at radius 2 is 1.96 bits per heavy atom. The fourth-order valence-corrected chi connectivity index (χ4v) is 3.28. The third kappa shape index (κ3) is 2.48. The lowest BCUT2D eigenvalue weighted by molar-refractivity contribution is 0.206. The van der Waals surface area contributed by atoms with Crippen LogP contribution in [0.4, 0.5) is 10.5 Å². The van der Waals surface area contributed by atoms with E-state index in [2.05, 4.69) is 22.4 Å². The van der Waals surface area contributed by atoms with Crippen LogP contribution < -0.4 is 10.1 Å². The Labute approximate surface area is 140 Å². The van der Waals surface area contributed by atoms with Gasteiger partial charge >= 0.3 is 6.03 Å². The zero-order valence-corrected chi connectivity index (χ0v) is 13.5. The van der Waals surface area contributed by atoms with Gasteiger partial charge in [0.2, 0.25) is 0 Å². The number of benzene rings is 2. The van der Waals surface area contributed by atoms with Crippen molar-refractivity contribution in [2.75, 3.05) is 19.0 Å². The monoisotopic (exact) mass is 321 g/mol. The summed E-state index contributed by atoms with van der Waals surface area (Å²) in [6.45, 7) is 1.31. The van der Waals surface area contributed by atoms with Gasteiger partial charge in [-0.15, -0.1) is 0 Å². The van der Waals surface area contributed by atoms with Gasteiger partial charge in [-0.05, 0) is 18.2 Å². The van der Waals surface area contributed by atoms with E-state index in [1.807, 2.05) is 41.3 Å². The summed E-state index contributed by atoms with van der Waals surface area (Å²) >= 11 is 0. The maximum absolute atomic E-state index is 12.7. The standard InChI is InChI=1S/C19H19N3O2/c1-24-18-9-5-4-8-17(18)21-19(23)22-11-10-16-14(12-22)13-6-2-3-7-15(13)20-16/h2-9,20H,10-12H2,1H3,(H,21,23). The summed E-state index contributed by atoms with van der Waals surface area (Å²) in [5.74, 6) is 0.663. The van der Waals surface area contributed by atoms with Crippen molar-refractivity contribution in [3.05, 3.63) is 59.8 Å². The van der Waals surface area contributed by atoms with E-state index in [1.54, 1.807) is 7.11 Å². The number of H-pyrrole nitrogens is 1. The van der Waals surface area contributed by atoms with Crippen LogP contribution in [-0.4, -0.2) is 29.6 Å². The third-order valence-corrected chi connectivity index (χ3v) is 4.52. The van der Waals surface area contributed by atoms with E-state index < -0.39 is 0 Å². The summed E-state index contributed by atoms with van der Waals surface area (Å²) in [5.41, 5.74) is 4.27. The summed E-state index contributed by atoms with van der Waals surface area (Å²) in [4.78, 5) is 18.0. The normalized spacial score (nSPS) is 13.6. The summed E-state index contributed by atoms with van der Waals surface area (Å²) in [6, 6.07) is 15.6. The van der Waals surface area contributed by atoms with E-state index in [1.165, 1.54) is 16.6 Å². The second kappa shape index (κ2) is 5.92. The number of amides is 2. The Balaban J connectivity index is 1.57. The molecule has 5 nitrogen and oxygen atoms in total. The SMILES string of the molecule is COc1ccccc1NC(=O)N1CCc2[nH]c3ccccc3c2C1. The Kier molecular flexibility index (Phi) is 3.61. The van der Waals surface area contributed by atoms with E-state index >= 15 is 0 Å². The van der Waals surface area contributed by atoms with Gasteiger partial charge in [0, 0.05) is 41.7 Å². The predicted octanol–water partition coefficient (Wildman–Crippen LogP) is 3.77. The first-order valence-corrected chi connectivity index (χ1v) is 8.03. The third-order valence-electron chi connectivity index (χ3n) is 4.52. The quantitative estimate of drug-likeness (QED) is 0.755. The van der Waals surface area contributed by atoms with Crippen molar-refractivity contribution in [2.45, 2.75) is 13.0 Å². The lowest BCUT2D eigenvalue weighted by atomic mass is 10.0. The van der Waals surface area contributed by atoms with E-state index in [-0.39, 0.29) is 6.03 Å². The molecule has 2 N–H and O–H groups in total. The van der Waals surface area contributed by atoms with Crippen molar-refractivity contribution in [3.8, 4) is 5.75 Å². The minimum Gasteiger partial charge on any atom is -0.495 e. The van der Waals surface area contributed by atoms with Gasteiger partial charge in [-0.25, -0.2) is 4.79 Å². The Morgan fingerprint density at radius 3 is 2.83 bits per heavy atom. The summed E-state index contributed by atoms with van der Waals surface area (Å²) in [5, 5.41) is 4.15. The highest BCUT2D eigenvalue weighted by Crippen LogP contribution is 2.29. The number of aromatic nitrogens is 1. The minimum absolute atomic E-state index is 0.101. The number of anilines is 1. The van der Waals surface area contributed by atoms with Crippen molar-refractivity contribution in [3.63, 3.8) is 0 Å². The molecule has 0 unspecified atom stereocenters. The number of hydrogen-bond acceptors (Lipinski definition) is 2. The van der Waals surface area contributed by atoms with Crippen LogP contribution in [0.25, 0.3) is 10.9 Å². The van der Waals surface area contributed by atoms with Crippen LogP contribution >= 0.6 is 0 Å². The van der Waals surface area contributed by atoms with Crippen LogP contribution in [0.15, 0.2) is 48.5 Å². The van der Waals surface area contributed by atoms with E-state index in [9.17, 15) is 4.79 Å². The van der Waals surface area contributed by atoms with Gasteiger partial charge in [0.15, 0.2) is 0 Å². The fraction of sp³-hybridized carbons (Fsp3) is 0.211. The molecule has 0 fully saturated rings. The average Bonchev–Trinajstić information content (AvgIpc) is 3.00. The molecule has 2 aromatic carbocycles. The number of fused-ring (bicyclic) bond motifs is 3. The molecule has 4 rings (SSSR count). The molecule has 24 heavy (non-hydrogen) atoms. The molecule has 0 saturated heterocycles. The van der Waals surface area contributed by atoms with Gasteiger partial charge in [0.25, 0.3) is 0 Å². The maximum Gasteiger partial charge on any atom is 0.322 e. The van der Waals surface area contributed by atoms with Gasteiger partial charge in [0.1, 0.15) is 5.75 Å². The minimum atomic E-state index is -0.101. The molecule has 0 spiro atoms. The first-order chi connectivity index (χ1) is 11.8. The van der Waals surface area contributed by atoms with E-state index in [0.717, 1.165) is 11.9 Å². The predicted molar refractivity (Wildman–Crippen MR) is 94.4 cm³/mol. The maximum atomic E-state index is 12.7. The van der Waals surface area contributed by atoms with E-state index in [4.69, 9.17) is 4.74 Å². The van der Waals surface area contributed by atoms with Crippen LogP contribution in [0.2, 0.25) is 0 Å². The molecule has 0 radical (unpaired) electrons. The van der Waals surface area contributed by atoms with Crippen molar-refractivity contribution >= 4 is 22.6 Å². The van der Waals surface area contributed by atoms with Crippen molar-refractivity contribution in [1.82, 2.24) is 9.88 Å². The molecular weight excluding hydrogens is 302 g/mol. The highest BCUT2D eigenvalue weighted by molar-refractivity contribution is 5.92. The highest BCUT2D eigenvalue weighted by atomic mass is 16.5. The van der Waals surface area contributed by atoms with E-state index in [0.29, 0.717) is 24.5 Å². The second-order valence-corrected chi connectivity index (χ2v) is 5.93. The summed E-state index contributed by atoms with van der Waals surface area (Å²) in [6.07, 6.45) is 0.837.